The first-order valence-electron chi connectivity index (χ1n) is 13.2. The molecule has 2 aromatic carbocycles. The second-order valence-electron chi connectivity index (χ2n) is 9.38. The first-order chi connectivity index (χ1) is 20.2. The summed E-state index contributed by atoms with van der Waals surface area (Å²) in [4.78, 5) is 43.8. The third-order valence-electron chi connectivity index (χ3n) is 6.70. The maximum Gasteiger partial charge on any atom is 0.338 e. The van der Waals surface area contributed by atoms with Crippen LogP contribution in [0.5, 0.6) is 5.75 Å². The zero-order chi connectivity index (χ0) is 30.0. The van der Waals surface area contributed by atoms with E-state index < -0.39 is 18.0 Å². The van der Waals surface area contributed by atoms with Crippen molar-refractivity contribution in [2.45, 2.75) is 32.7 Å². The second kappa shape index (κ2) is 12.3. The zero-order valence-corrected chi connectivity index (χ0v) is 25.5. The lowest BCUT2D eigenvalue weighted by atomic mass is 9.93. The number of halogens is 1. The molecule has 11 heteroatoms. The number of carbonyl (C=O) groups is 2. The quantitative estimate of drug-likeness (QED) is 0.244. The van der Waals surface area contributed by atoms with Crippen molar-refractivity contribution in [3.05, 3.63) is 107 Å². The van der Waals surface area contributed by atoms with Gasteiger partial charge in [-0.3, -0.25) is 9.36 Å². The minimum absolute atomic E-state index is 0.174. The molecule has 1 atom stereocenters. The number of methoxy groups -OCH3 is 1. The van der Waals surface area contributed by atoms with Crippen LogP contribution in [0, 0.1) is 0 Å². The minimum Gasteiger partial charge on any atom is -0.496 e. The van der Waals surface area contributed by atoms with Crippen molar-refractivity contribution in [2.75, 3.05) is 13.7 Å². The van der Waals surface area contributed by atoms with Crippen molar-refractivity contribution in [2.24, 2.45) is 4.99 Å². The van der Waals surface area contributed by atoms with Gasteiger partial charge in [-0.15, -0.1) is 0 Å². The fraction of sp³-hybridized carbons (Fsp3) is 0.226. The number of aromatic nitrogens is 1. The summed E-state index contributed by atoms with van der Waals surface area (Å²) in [5.41, 5.74) is 2.03. The van der Waals surface area contributed by atoms with Gasteiger partial charge in [-0.2, -0.15) is 0 Å². The van der Waals surface area contributed by atoms with E-state index in [9.17, 15) is 14.4 Å². The Balaban J connectivity index is 1.67. The third-order valence-corrected chi connectivity index (χ3v) is 8.17. The van der Waals surface area contributed by atoms with Crippen LogP contribution in [-0.4, -0.2) is 35.3 Å². The number of ether oxygens (including phenoxy) is 2. The van der Waals surface area contributed by atoms with Gasteiger partial charge in [0.25, 0.3) is 5.56 Å². The van der Waals surface area contributed by atoms with Crippen LogP contribution in [0.2, 0.25) is 0 Å². The molecule has 9 nitrogen and oxygen atoms in total. The molecule has 4 aromatic rings. The number of allylic oxidation sites excluding steroid dienone is 1. The number of carboxylic acid groups (broad SMARTS) is 1. The number of carboxylic acids is 1. The van der Waals surface area contributed by atoms with E-state index in [1.165, 1.54) is 28.0 Å². The number of hydrogen-bond acceptors (Lipinski definition) is 8. The van der Waals surface area contributed by atoms with Gasteiger partial charge in [-0.25, -0.2) is 14.6 Å². The van der Waals surface area contributed by atoms with Crippen LogP contribution in [0.3, 0.4) is 0 Å². The summed E-state index contributed by atoms with van der Waals surface area (Å²) in [7, 11) is 1.54. The van der Waals surface area contributed by atoms with Gasteiger partial charge >= 0.3 is 11.9 Å². The van der Waals surface area contributed by atoms with Crippen LogP contribution in [0.15, 0.2) is 84.5 Å². The van der Waals surface area contributed by atoms with E-state index >= 15 is 0 Å². The van der Waals surface area contributed by atoms with Crippen molar-refractivity contribution >= 4 is 45.3 Å². The first-order valence-corrected chi connectivity index (χ1v) is 14.9. The summed E-state index contributed by atoms with van der Waals surface area (Å²) in [6.07, 6.45) is 2.90. The maximum atomic E-state index is 14.0. The van der Waals surface area contributed by atoms with Gasteiger partial charge in [0.2, 0.25) is 0 Å². The number of carbonyl (C=O) groups excluding carboxylic acids is 1. The van der Waals surface area contributed by atoms with Crippen LogP contribution < -0.4 is 19.6 Å². The molecule has 1 aliphatic rings. The molecule has 0 radical (unpaired) electrons. The number of hydrogen-bond donors (Lipinski definition) is 1. The highest BCUT2D eigenvalue weighted by Crippen LogP contribution is 2.38. The molecule has 0 amide bonds. The molecular weight excluding hydrogens is 624 g/mol. The Kier molecular flexibility index (Phi) is 8.60. The van der Waals surface area contributed by atoms with Crippen molar-refractivity contribution in [3.63, 3.8) is 0 Å². The molecule has 0 fully saturated rings. The molecule has 216 valence electrons. The minimum atomic E-state index is -1.01. The number of fused-ring (bicyclic) bond motifs is 1. The number of aromatic carboxylic acids is 1. The Hall–Kier alpha value is -4.22. The molecule has 1 aliphatic heterocycles. The van der Waals surface area contributed by atoms with Crippen LogP contribution in [0.1, 0.15) is 54.4 Å². The molecule has 3 heterocycles. The number of nitrogens with zero attached hydrogens (tertiary/aromatic N) is 2. The molecule has 2 aromatic heterocycles. The van der Waals surface area contributed by atoms with E-state index in [1.54, 1.807) is 50.4 Å². The van der Waals surface area contributed by atoms with Crippen molar-refractivity contribution in [3.8, 4) is 17.1 Å². The lowest BCUT2D eigenvalue weighted by Crippen LogP contribution is -2.40. The fourth-order valence-electron chi connectivity index (χ4n) is 4.83. The van der Waals surface area contributed by atoms with Gasteiger partial charge in [-0.05, 0) is 55.8 Å². The predicted octanol–water partition coefficient (Wildman–Crippen LogP) is 5.31. The Morgan fingerprint density at radius 2 is 1.90 bits per heavy atom. The highest BCUT2D eigenvalue weighted by molar-refractivity contribution is 9.10. The maximum absolute atomic E-state index is 14.0. The highest BCUT2D eigenvalue weighted by atomic mass is 79.9. The molecule has 1 N–H and O–H groups in total. The van der Waals surface area contributed by atoms with Crippen molar-refractivity contribution in [1.82, 2.24) is 4.57 Å². The SMILES string of the molecule is CCCC1=C(C(=O)OCC)[C@@H](c2cc(Br)ccc2OC)n2c(s/c(=C/c3ccc(-c4ccc(C(=O)O)cc4)o3)c2=O)=N1. The average molecular weight is 652 g/mol. The number of benzene rings is 2. The number of thiazole rings is 1. The summed E-state index contributed by atoms with van der Waals surface area (Å²) in [6, 6.07) is 14.5. The number of rotatable bonds is 9. The highest BCUT2D eigenvalue weighted by Gasteiger charge is 2.36. The van der Waals surface area contributed by atoms with Gasteiger partial charge < -0.3 is 19.0 Å². The monoisotopic (exact) mass is 650 g/mol. The molecule has 42 heavy (non-hydrogen) atoms. The standard InChI is InChI=1S/C31H27BrN2O7S/c1-4-6-22-26(30(38)40-5-2)27(21-15-19(32)11-13-24(21)39-3)34-28(35)25(42-31(34)33-22)16-20-12-14-23(41-20)17-7-9-18(10-8-17)29(36)37/h7-16,27H,4-6H2,1-3H3,(H,36,37)/b25-16+/t27-/m1/s1. The van der Waals surface area contributed by atoms with Gasteiger partial charge in [0, 0.05) is 21.7 Å². The van der Waals surface area contributed by atoms with Crippen LogP contribution >= 0.6 is 27.3 Å². The summed E-state index contributed by atoms with van der Waals surface area (Å²) in [5.74, 6) is -0.0633. The molecule has 0 saturated carbocycles. The van der Waals surface area contributed by atoms with Crippen LogP contribution in [0.4, 0.5) is 0 Å². The van der Waals surface area contributed by atoms with Gasteiger partial charge in [0.1, 0.15) is 23.3 Å². The lowest BCUT2D eigenvalue weighted by Gasteiger charge is -2.27. The summed E-state index contributed by atoms with van der Waals surface area (Å²) in [6.45, 7) is 3.91. The fourth-order valence-corrected chi connectivity index (χ4v) is 6.20. The van der Waals surface area contributed by atoms with E-state index in [0.29, 0.717) is 55.4 Å². The third kappa shape index (κ3) is 5.62. The van der Waals surface area contributed by atoms with E-state index in [1.807, 2.05) is 19.1 Å². The summed E-state index contributed by atoms with van der Waals surface area (Å²) >= 11 is 4.73. The van der Waals surface area contributed by atoms with Gasteiger partial charge in [0.05, 0.1) is 35.1 Å². The molecule has 0 unspecified atom stereocenters. The number of furan rings is 1. The molecule has 5 rings (SSSR count). The van der Waals surface area contributed by atoms with Gasteiger partial charge in [-0.1, -0.05) is 52.7 Å². The van der Waals surface area contributed by atoms with Crippen molar-refractivity contribution in [1.29, 1.82) is 0 Å². The molecule has 0 aliphatic carbocycles. The summed E-state index contributed by atoms with van der Waals surface area (Å²) in [5, 5.41) is 9.16. The van der Waals surface area contributed by atoms with Gasteiger partial charge in [0.15, 0.2) is 4.80 Å². The van der Waals surface area contributed by atoms with E-state index in [-0.39, 0.29) is 17.7 Å². The normalized spacial score (nSPS) is 14.9. The molecule has 0 spiro atoms. The van der Waals surface area contributed by atoms with E-state index in [4.69, 9.17) is 24.0 Å². The molecule has 0 saturated heterocycles. The Morgan fingerprint density at radius 3 is 2.57 bits per heavy atom. The van der Waals surface area contributed by atoms with Crippen LogP contribution in [0.25, 0.3) is 17.4 Å². The number of esters is 1. The lowest BCUT2D eigenvalue weighted by molar-refractivity contribution is -0.139. The van der Waals surface area contributed by atoms with Crippen LogP contribution in [-0.2, 0) is 9.53 Å². The van der Waals surface area contributed by atoms with E-state index in [0.717, 1.165) is 10.9 Å². The molecule has 0 bridgehead atoms. The Labute approximate surface area is 253 Å². The Bertz CT molecular complexity index is 1880. The second-order valence-corrected chi connectivity index (χ2v) is 11.3. The Morgan fingerprint density at radius 1 is 1.14 bits per heavy atom. The average Bonchev–Trinajstić information content (AvgIpc) is 3.57. The predicted molar refractivity (Wildman–Crippen MR) is 161 cm³/mol. The first kappa shape index (κ1) is 29.3. The van der Waals surface area contributed by atoms with E-state index in [2.05, 4.69) is 15.9 Å². The van der Waals surface area contributed by atoms with Crippen molar-refractivity contribution < 1.29 is 28.6 Å². The topological polar surface area (TPSA) is 120 Å². The molecular formula is C31H27BrN2O7S. The zero-order valence-electron chi connectivity index (χ0n) is 23.0. The largest absolute Gasteiger partial charge is 0.496 e. The summed E-state index contributed by atoms with van der Waals surface area (Å²) < 4.78 is 19.8. The smallest absolute Gasteiger partial charge is 0.338 e.